The van der Waals surface area contributed by atoms with Crippen LogP contribution in [0.1, 0.15) is 18.2 Å². The highest BCUT2D eigenvalue weighted by molar-refractivity contribution is 7.26. The van der Waals surface area contributed by atoms with Crippen LogP contribution in [0.25, 0.3) is 99.3 Å². The summed E-state index contributed by atoms with van der Waals surface area (Å²) in [5.74, 6) is 2.45. The molecular weight excluding hydrogens is 713 g/mol. The number of hydrogen-bond acceptors (Lipinski definition) is 4. The molecule has 3 heterocycles. The van der Waals surface area contributed by atoms with Crippen molar-refractivity contribution in [2.75, 3.05) is 0 Å². The number of para-hydroxylation sites is 1. The van der Waals surface area contributed by atoms with E-state index in [4.69, 9.17) is 15.0 Å². The first-order valence-corrected chi connectivity index (χ1v) is 20.3. The van der Waals surface area contributed by atoms with Gasteiger partial charge in [0.25, 0.3) is 0 Å². The zero-order valence-electron chi connectivity index (χ0n) is 31.3. The maximum atomic E-state index is 5.22. The fourth-order valence-corrected chi connectivity index (χ4v) is 9.68. The molecule has 0 saturated carbocycles. The van der Waals surface area contributed by atoms with E-state index < -0.39 is 0 Å². The Morgan fingerprint density at radius 1 is 0.509 bits per heavy atom. The summed E-state index contributed by atoms with van der Waals surface area (Å²) >= 11 is 1.80. The molecule has 11 rings (SSSR count). The lowest BCUT2D eigenvalue weighted by Gasteiger charge is -2.17. The van der Waals surface area contributed by atoms with Crippen LogP contribution in [0.4, 0.5) is 0 Å². The van der Waals surface area contributed by atoms with E-state index in [1.807, 2.05) is 36.4 Å². The van der Waals surface area contributed by atoms with Gasteiger partial charge in [0.15, 0.2) is 17.5 Å². The average Bonchev–Trinajstić information content (AvgIpc) is 3.81. The fraction of sp³-hybridized carbons (Fsp3) is 0.0577. The van der Waals surface area contributed by atoms with Crippen LogP contribution in [0.2, 0.25) is 0 Å². The molecule has 10 aromatic rings. The highest BCUT2D eigenvalue weighted by atomic mass is 32.1. The van der Waals surface area contributed by atoms with Crippen LogP contribution < -0.4 is 0 Å². The SMILES string of the molecule is CC1C=Cc2c(n(-c3ccccc3)c3cc(-c4ccccc4-c4cc(-c5nc(-c6ccccc6)nc(-c6ccccc6)n5)c5sc6ccccc6c5c4)ccc23)C1. The zero-order chi connectivity index (χ0) is 37.9. The number of aromatic nitrogens is 4. The summed E-state index contributed by atoms with van der Waals surface area (Å²) in [5, 5.41) is 3.71. The molecule has 0 aliphatic heterocycles. The second-order valence-corrected chi connectivity index (χ2v) is 15.9. The Labute approximate surface area is 335 Å². The van der Waals surface area contributed by atoms with Crippen molar-refractivity contribution in [3.8, 4) is 62.1 Å². The minimum atomic E-state index is 0.485. The highest BCUT2D eigenvalue weighted by Gasteiger charge is 2.23. The monoisotopic (exact) mass is 748 g/mol. The van der Waals surface area contributed by atoms with Crippen LogP contribution in [0.3, 0.4) is 0 Å². The molecule has 0 N–H and O–H groups in total. The number of fused-ring (bicyclic) bond motifs is 6. The van der Waals surface area contributed by atoms with Gasteiger partial charge >= 0.3 is 0 Å². The van der Waals surface area contributed by atoms with Crippen molar-refractivity contribution < 1.29 is 0 Å². The molecule has 270 valence electrons. The molecule has 57 heavy (non-hydrogen) atoms. The molecule has 0 fully saturated rings. The third kappa shape index (κ3) is 5.78. The van der Waals surface area contributed by atoms with Crippen molar-refractivity contribution >= 4 is 48.5 Å². The van der Waals surface area contributed by atoms with Gasteiger partial charge in [0.2, 0.25) is 0 Å². The van der Waals surface area contributed by atoms with E-state index in [9.17, 15) is 0 Å². The third-order valence-corrected chi connectivity index (χ3v) is 12.4. The van der Waals surface area contributed by atoms with E-state index >= 15 is 0 Å². The number of thiophene rings is 1. The van der Waals surface area contributed by atoms with Crippen molar-refractivity contribution in [2.24, 2.45) is 5.92 Å². The van der Waals surface area contributed by atoms with Gasteiger partial charge in [-0.1, -0.05) is 153 Å². The normalized spacial score (nSPS) is 13.7. The Morgan fingerprint density at radius 2 is 1.12 bits per heavy atom. The molecule has 0 radical (unpaired) electrons. The van der Waals surface area contributed by atoms with Crippen LogP contribution >= 0.6 is 11.3 Å². The Kier molecular flexibility index (Phi) is 8.00. The first kappa shape index (κ1) is 33.4. The van der Waals surface area contributed by atoms with Gasteiger partial charge < -0.3 is 4.57 Å². The van der Waals surface area contributed by atoms with Crippen molar-refractivity contribution in [3.63, 3.8) is 0 Å². The lowest BCUT2D eigenvalue weighted by Crippen LogP contribution is -2.08. The summed E-state index contributed by atoms with van der Waals surface area (Å²) in [5.41, 5.74) is 12.7. The highest BCUT2D eigenvalue weighted by Crippen LogP contribution is 2.45. The van der Waals surface area contributed by atoms with Gasteiger partial charge in [-0.15, -0.1) is 11.3 Å². The molecule has 3 aromatic heterocycles. The van der Waals surface area contributed by atoms with E-state index in [1.165, 1.54) is 54.4 Å². The number of benzene rings is 7. The van der Waals surface area contributed by atoms with E-state index in [-0.39, 0.29) is 0 Å². The average molecular weight is 749 g/mol. The fourth-order valence-electron chi connectivity index (χ4n) is 8.49. The van der Waals surface area contributed by atoms with E-state index in [0.717, 1.165) is 38.9 Å². The summed E-state index contributed by atoms with van der Waals surface area (Å²) in [6.07, 6.45) is 5.68. The lowest BCUT2D eigenvalue weighted by atomic mass is 9.91. The van der Waals surface area contributed by atoms with E-state index in [0.29, 0.717) is 23.4 Å². The number of nitrogens with zero attached hydrogens (tertiary/aromatic N) is 4. The van der Waals surface area contributed by atoms with Crippen molar-refractivity contribution in [1.82, 2.24) is 19.5 Å². The molecule has 1 atom stereocenters. The summed E-state index contributed by atoms with van der Waals surface area (Å²) in [6.45, 7) is 2.30. The van der Waals surface area contributed by atoms with E-state index in [1.54, 1.807) is 11.3 Å². The molecule has 0 amide bonds. The van der Waals surface area contributed by atoms with Crippen molar-refractivity contribution in [1.29, 1.82) is 0 Å². The van der Waals surface area contributed by atoms with Crippen LogP contribution in [0.15, 0.2) is 176 Å². The van der Waals surface area contributed by atoms with Crippen LogP contribution in [0, 0.1) is 5.92 Å². The Hall–Kier alpha value is -6.95. The second kappa shape index (κ2) is 13.7. The lowest BCUT2D eigenvalue weighted by molar-refractivity contribution is 0.690. The van der Waals surface area contributed by atoms with Gasteiger partial charge in [-0.3, -0.25) is 0 Å². The quantitative estimate of drug-likeness (QED) is 0.170. The standard InChI is InChI=1S/C52H36N4S/c1-33-25-27-41-42-28-26-36(32-47(42)56(46(41)29-33)38-19-9-4-10-20-38)39-21-11-12-22-40(39)37-30-44-43-23-13-14-24-48(43)57-49(44)45(31-37)52-54-50(34-15-5-2-6-16-34)53-51(55-52)35-17-7-3-8-18-35/h2-28,30-33H,29H2,1H3. The van der Waals surface area contributed by atoms with Gasteiger partial charge in [-0.2, -0.15) is 0 Å². The molecule has 0 saturated heterocycles. The number of allylic oxidation sites excluding steroid dienone is 1. The maximum absolute atomic E-state index is 5.22. The van der Waals surface area contributed by atoms with Crippen LogP contribution in [0.5, 0.6) is 0 Å². The van der Waals surface area contributed by atoms with Gasteiger partial charge in [-0.25, -0.2) is 15.0 Å². The van der Waals surface area contributed by atoms with Crippen LogP contribution in [-0.4, -0.2) is 19.5 Å². The zero-order valence-corrected chi connectivity index (χ0v) is 32.1. The maximum Gasteiger partial charge on any atom is 0.165 e. The van der Waals surface area contributed by atoms with Gasteiger partial charge in [0.1, 0.15) is 0 Å². The minimum Gasteiger partial charge on any atom is -0.313 e. The molecule has 0 bridgehead atoms. The predicted octanol–water partition coefficient (Wildman–Crippen LogP) is 13.7. The largest absolute Gasteiger partial charge is 0.313 e. The predicted molar refractivity (Wildman–Crippen MR) is 239 cm³/mol. The Balaban J connectivity index is 1.14. The first-order chi connectivity index (χ1) is 28.2. The third-order valence-electron chi connectivity index (χ3n) is 11.2. The first-order valence-electron chi connectivity index (χ1n) is 19.5. The Morgan fingerprint density at radius 3 is 1.84 bits per heavy atom. The molecule has 5 heteroatoms. The minimum absolute atomic E-state index is 0.485. The van der Waals surface area contributed by atoms with Gasteiger partial charge in [0.05, 0.1) is 5.52 Å². The number of hydrogen-bond donors (Lipinski definition) is 0. The molecule has 0 spiro atoms. The van der Waals surface area contributed by atoms with Crippen LogP contribution in [-0.2, 0) is 6.42 Å². The van der Waals surface area contributed by atoms with Gasteiger partial charge in [0, 0.05) is 59.2 Å². The molecule has 7 aromatic carbocycles. The molecule has 1 aliphatic rings. The topological polar surface area (TPSA) is 43.6 Å². The second-order valence-electron chi connectivity index (χ2n) is 14.9. The molecular formula is C52H36N4S. The summed E-state index contributed by atoms with van der Waals surface area (Å²) in [6, 6.07) is 60.4. The summed E-state index contributed by atoms with van der Waals surface area (Å²) in [4.78, 5) is 15.5. The van der Waals surface area contributed by atoms with Gasteiger partial charge in [-0.05, 0) is 71.0 Å². The molecule has 4 nitrogen and oxygen atoms in total. The van der Waals surface area contributed by atoms with E-state index in [2.05, 4.69) is 157 Å². The number of rotatable bonds is 6. The molecule has 1 aliphatic carbocycles. The smallest absolute Gasteiger partial charge is 0.165 e. The summed E-state index contributed by atoms with van der Waals surface area (Å²) in [7, 11) is 0. The van der Waals surface area contributed by atoms with Crippen molar-refractivity contribution in [3.05, 3.63) is 187 Å². The summed E-state index contributed by atoms with van der Waals surface area (Å²) < 4.78 is 4.88. The van der Waals surface area contributed by atoms with Crippen molar-refractivity contribution in [2.45, 2.75) is 13.3 Å². The Bertz CT molecular complexity index is 3100. The molecule has 1 unspecified atom stereocenters.